The van der Waals surface area contributed by atoms with Gasteiger partial charge in [0.2, 0.25) is 5.88 Å². The van der Waals surface area contributed by atoms with Crippen LogP contribution in [0.2, 0.25) is 0 Å². The Balaban J connectivity index is 0.948. The molecule has 7 rings (SSSR count). The zero-order valence-corrected chi connectivity index (χ0v) is 24.2. The fraction of sp³-hybridized carbons (Fsp3) is 0.343. The van der Waals surface area contributed by atoms with Gasteiger partial charge in [-0.25, -0.2) is 14.4 Å². The van der Waals surface area contributed by atoms with Crippen molar-refractivity contribution in [2.45, 2.75) is 57.4 Å². The number of fused-ring (bicyclic) bond motifs is 1. The maximum Gasteiger partial charge on any atom is 0.213 e. The molecular formula is C35H36FN5O2. The van der Waals surface area contributed by atoms with Crippen LogP contribution >= 0.6 is 0 Å². The number of piperidine rings is 1. The molecule has 1 atom stereocenters. The zero-order chi connectivity index (χ0) is 29.0. The number of nitrogens with zero attached hydrogens (tertiary/aromatic N) is 5. The average molecular weight is 578 g/mol. The van der Waals surface area contributed by atoms with Gasteiger partial charge in [0.25, 0.3) is 0 Å². The predicted octanol–water partition coefficient (Wildman–Crippen LogP) is 6.30. The van der Waals surface area contributed by atoms with Crippen LogP contribution in [0.25, 0.3) is 11.0 Å². The number of benzene rings is 2. The van der Waals surface area contributed by atoms with E-state index in [9.17, 15) is 4.39 Å². The van der Waals surface area contributed by atoms with E-state index in [1.165, 1.54) is 5.52 Å². The molecule has 7 nitrogen and oxygen atoms in total. The first-order valence-corrected chi connectivity index (χ1v) is 15.2. The number of rotatable bonds is 10. The van der Waals surface area contributed by atoms with Crippen molar-refractivity contribution in [3.05, 3.63) is 119 Å². The summed E-state index contributed by atoms with van der Waals surface area (Å²) in [4.78, 5) is 16.4. The second-order valence-electron chi connectivity index (χ2n) is 11.6. The molecule has 0 unspecified atom stereocenters. The lowest BCUT2D eigenvalue weighted by atomic mass is 9.93. The van der Waals surface area contributed by atoms with Crippen LogP contribution in [0.3, 0.4) is 0 Å². The summed E-state index contributed by atoms with van der Waals surface area (Å²) >= 11 is 0. The fourth-order valence-electron chi connectivity index (χ4n) is 6.12. The predicted molar refractivity (Wildman–Crippen MR) is 163 cm³/mol. The number of pyridine rings is 2. The number of para-hydroxylation sites is 2. The molecule has 0 aliphatic carbocycles. The molecule has 0 bridgehead atoms. The van der Waals surface area contributed by atoms with E-state index in [-0.39, 0.29) is 18.5 Å². The third kappa shape index (κ3) is 6.45. The number of aromatic nitrogens is 4. The number of hydrogen-bond donors (Lipinski definition) is 0. The minimum Gasteiger partial charge on any atom is -0.473 e. The zero-order valence-electron chi connectivity index (χ0n) is 24.2. The molecule has 5 heterocycles. The van der Waals surface area contributed by atoms with E-state index in [1.54, 1.807) is 24.5 Å². The summed E-state index contributed by atoms with van der Waals surface area (Å²) in [6.45, 7) is 4.66. The summed E-state index contributed by atoms with van der Waals surface area (Å²) < 4.78 is 28.9. The van der Waals surface area contributed by atoms with Gasteiger partial charge in [-0.15, -0.1) is 0 Å². The van der Waals surface area contributed by atoms with E-state index < -0.39 is 0 Å². The van der Waals surface area contributed by atoms with E-state index in [0.717, 1.165) is 80.2 Å². The molecule has 8 heteroatoms. The second kappa shape index (κ2) is 12.6. The van der Waals surface area contributed by atoms with Crippen LogP contribution in [0.15, 0.2) is 85.2 Å². The third-order valence-corrected chi connectivity index (χ3v) is 8.65. The summed E-state index contributed by atoms with van der Waals surface area (Å²) in [7, 11) is 0. The fourth-order valence-corrected chi connectivity index (χ4v) is 6.12. The van der Waals surface area contributed by atoms with Crippen molar-refractivity contribution in [1.29, 1.82) is 0 Å². The Morgan fingerprint density at radius 1 is 0.907 bits per heavy atom. The van der Waals surface area contributed by atoms with Crippen molar-refractivity contribution >= 4 is 11.0 Å². The Bertz CT molecular complexity index is 1680. The maximum atomic E-state index is 14.9. The first-order valence-electron chi connectivity index (χ1n) is 15.2. The highest BCUT2D eigenvalue weighted by Gasteiger charge is 2.26. The van der Waals surface area contributed by atoms with E-state index in [1.807, 2.05) is 30.3 Å². The Morgan fingerprint density at radius 2 is 1.79 bits per heavy atom. The molecule has 2 aliphatic heterocycles. The van der Waals surface area contributed by atoms with Gasteiger partial charge in [-0.05, 0) is 80.2 Å². The molecule has 2 aromatic carbocycles. The van der Waals surface area contributed by atoms with Gasteiger partial charge in [0.05, 0.1) is 30.2 Å². The van der Waals surface area contributed by atoms with Gasteiger partial charge in [0.1, 0.15) is 18.2 Å². The van der Waals surface area contributed by atoms with Gasteiger partial charge in [-0.3, -0.25) is 9.88 Å². The van der Waals surface area contributed by atoms with Gasteiger partial charge in [0.15, 0.2) is 0 Å². The first kappa shape index (κ1) is 27.7. The minimum absolute atomic E-state index is 0.140. The van der Waals surface area contributed by atoms with Crippen LogP contribution in [-0.4, -0.2) is 50.2 Å². The van der Waals surface area contributed by atoms with Crippen molar-refractivity contribution in [2.75, 3.05) is 19.7 Å². The third-order valence-electron chi connectivity index (χ3n) is 8.65. The Labute approximate surface area is 251 Å². The maximum absolute atomic E-state index is 14.9. The van der Waals surface area contributed by atoms with Crippen LogP contribution in [-0.2, 0) is 30.9 Å². The number of imidazole rings is 1. The summed E-state index contributed by atoms with van der Waals surface area (Å²) in [5.41, 5.74) is 5.75. The van der Waals surface area contributed by atoms with Gasteiger partial charge < -0.3 is 14.0 Å². The number of hydrogen-bond acceptors (Lipinski definition) is 6. The van der Waals surface area contributed by atoms with Gasteiger partial charge >= 0.3 is 0 Å². The standard InChI is InChI=1S/C35H36FN5O2/c36-30-20-25(19-26-5-4-15-37-21-26)10-11-28(30)24-43-35-9-3-7-31(39-35)27-12-16-40(17-13-27)23-34-38-32-6-1-2-8-33(32)41(34)22-29-14-18-42-29/h1-11,15,20-21,27,29H,12-14,16-19,22-24H2/t29-/m0/s1. The van der Waals surface area contributed by atoms with Crippen LogP contribution < -0.4 is 4.74 Å². The molecule has 5 aromatic rings. The largest absolute Gasteiger partial charge is 0.473 e. The molecule has 0 amide bonds. The monoisotopic (exact) mass is 577 g/mol. The van der Waals surface area contributed by atoms with Gasteiger partial charge in [-0.1, -0.05) is 36.4 Å². The molecule has 0 spiro atoms. The molecule has 0 radical (unpaired) electrons. The Hall–Kier alpha value is -4.14. The first-order chi connectivity index (χ1) is 21.2. The van der Waals surface area contributed by atoms with E-state index in [2.05, 4.69) is 44.8 Å². The van der Waals surface area contributed by atoms with Crippen molar-refractivity contribution in [2.24, 2.45) is 0 Å². The van der Waals surface area contributed by atoms with E-state index in [4.69, 9.17) is 19.4 Å². The lowest BCUT2D eigenvalue weighted by molar-refractivity contribution is -0.0592. The van der Waals surface area contributed by atoms with Crippen LogP contribution in [0, 0.1) is 5.82 Å². The van der Waals surface area contributed by atoms with Crippen molar-refractivity contribution < 1.29 is 13.9 Å². The average Bonchev–Trinajstić information content (AvgIpc) is 3.36. The van der Waals surface area contributed by atoms with Crippen LogP contribution in [0.4, 0.5) is 4.39 Å². The van der Waals surface area contributed by atoms with E-state index in [0.29, 0.717) is 23.8 Å². The molecule has 3 aromatic heterocycles. The normalized spacial score (nSPS) is 17.7. The lowest BCUT2D eigenvalue weighted by Crippen LogP contribution is -2.35. The molecule has 2 aliphatic rings. The molecule has 43 heavy (non-hydrogen) atoms. The lowest BCUT2D eigenvalue weighted by Gasteiger charge is -2.32. The summed E-state index contributed by atoms with van der Waals surface area (Å²) in [5, 5.41) is 0. The van der Waals surface area contributed by atoms with Crippen molar-refractivity contribution in [1.82, 2.24) is 24.4 Å². The highest BCUT2D eigenvalue weighted by Crippen LogP contribution is 2.30. The summed E-state index contributed by atoms with van der Waals surface area (Å²) in [5.74, 6) is 1.75. The highest BCUT2D eigenvalue weighted by atomic mass is 19.1. The minimum atomic E-state index is -0.265. The van der Waals surface area contributed by atoms with Crippen molar-refractivity contribution in [3.8, 4) is 5.88 Å². The summed E-state index contributed by atoms with van der Waals surface area (Å²) in [6, 6.07) is 23.5. The van der Waals surface area contributed by atoms with Gasteiger partial charge in [-0.2, -0.15) is 0 Å². The molecule has 2 saturated heterocycles. The second-order valence-corrected chi connectivity index (χ2v) is 11.6. The number of likely N-dealkylation sites (tertiary alicyclic amines) is 1. The molecule has 2 fully saturated rings. The molecule has 0 saturated carbocycles. The Kier molecular flexibility index (Phi) is 8.12. The highest BCUT2D eigenvalue weighted by molar-refractivity contribution is 5.75. The topological polar surface area (TPSA) is 65.3 Å². The molecule has 0 N–H and O–H groups in total. The smallest absolute Gasteiger partial charge is 0.213 e. The molecular weight excluding hydrogens is 541 g/mol. The van der Waals surface area contributed by atoms with Gasteiger partial charge in [0, 0.05) is 42.2 Å². The van der Waals surface area contributed by atoms with E-state index >= 15 is 0 Å². The molecule has 220 valence electrons. The number of ether oxygens (including phenoxy) is 2. The summed E-state index contributed by atoms with van der Waals surface area (Å²) in [6.07, 6.45) is 7.64. The Morgan fingerprint density at radius 3 is 2.58 bits per heavy atom. The number of halogens is 1. The van der Waals surface area contributed by atoms with Crippen LogP contribution in [0.5, 0.6) is 5.88 Å². The van der Waals surface area contributed by atoms with Crippen molar-refractivity contribution in [3.63, 3.8) is 0 Å². The quantitative estimate of drug-likeness (QED) is 0.194. The SMILES string of the molecule is Fc1cc(Cc2cccnc2)ccc1COc1cccc(C2CCN(Cc3nc4ccccc4n3C[C@@H]3CCO3)CC2)n1. The van der Waals surface area contributed by atoms with Crippen LogP contribution in [0.1, 0.15) is 53.4 Å².